The molecule has 0 unspecified atom stereocenters. The van der Waals surface area contributed by atoms with E-state index >= 15 is 0 Å². The number of anilines is 1. The fraction of sp³-hybridized carbons (Fsp3) is 0.100. The van der Waals surface area contributed by atoms with Crippen LogP contribution in [-0.4, -0.2) is 16.0 Å². The molecule has 3 N–H and O–H groups in total. The number of rotatable bonds is 3. The van der Waals surface area contributed by atoms with Gasteiger partial charge in [0.15, 0.2) is 17.4 Å². The van der Waals surface area contributed by atoms with E-state index in [2.05, 4.69) is 15.5 Å². The van der Waals surface area contributed by atoms with E-state index in [4.69, 9.17) is 10.3 Å². The number of nitrogens with two attached hydrogens (primary N) is 1. The SMILES string of the molecule is Nc1nccc(C(=O)NCc2ccno2)c1F. The number of amides is 1. The van der Waals surface area contributed by atoms with Crippen molar-refractivity contribution in [2.75, 3.05) is 5.73 Å². The highest BCUT2D eigenvalue weighted by molar-refractivity contribution is 5.94. The predicted molar refractivity (Wildman–Crippen MR) is 56.3 cm³/mol. The van der Waals surface area contributed by atoms with Gasteiger partial charge in [-0.3, -0.25) is 4.79 Å². The van der Waals surface area contributed by atoms with Crippen LogP contribution in [0.4, 0.5) is 10.2 Å². The maximum Gasteiger partial charge on any atom is 0.254 e. The molecule has 7 heteroatoms. The Hall–Kier alpha value is -2.44. The molecule has 0 aliphatic carbocycles. The number of halogens is 1. The van der Waals surface area contributed by atoms with E-state index in [0.29, 0.717) is 5.76 Å². The molecule has 1 amide bonds. The molecule has 0 aliphatic rings. The molecule has 0 bridgehead atoms. The zero-order valence-corrected chi connectivity index (χ0v) is 8.68. The van der Waals surface area contributed by atoms with Crippen molar-refractivity contribution in [2.24, 2.45) is 0 Å². The number of hydrogen-bond acceptors (Lipinski definition) is 5. The largest absolute Gasteiger partial charge is 0.381 e. The summed E-state index contributed by atoms with van der Waals surface area (Å²) >= 11 is 0. The van der Waals surface area contributed by atoms with Crippen LogP contribution in [0, 0.1) is 5.82 Å². The van der Waals surface area contributed by atoms with E-state index in [1.54, 1.807) is 6.07 Å². The van der Waals surface area contributed by atoms with Crippen molar-refractivity contribution in [2.45, 2.75) is 6.54 Å². The molecule has 2 aromatic rings. The van der Waals surface area contributed by atoms with Gasteiger partial charge in [-0.1, -0.05) is 5.16 Å². The Morgan fingerprint density at radius 2 is 2.29 bits per heavy atom. The summed E-state index contributed by atoms with van der Waals surface area (Å²) in [6.45, 7) is 0.125. The fourth-order valence-corrected chi connectivity index (χ4v) is 1.23. The van der Waals surface area contributed by atoms with Gasteiger partial charge in [-0.15, -0.1) is 0 Å². The monoisotopic (exact) mass is 236 g/mol. The first-order valence-electron chi connectivity index (χ1n) is 4.76. The molecule has 0 atom stereocenters. The fourth-order valence-electron chi connectivity index (χ4n) is 1.23. The van der Waals surface area contributed by atoms with Crippen LogP contribution in [0.5, 0.6) is 0 Å². The summed E-state index contributed by atoms with van der Waals surface area (Å²) in [5.74, 6) is -1.26. The van der Waals surface area contributed by atoms with Crippen LogP contribution >= 0.6 is 0 Å². The van der Waals surface area contributed by atoms with Gasteiger partial charge >= 0.3 is 0 Å². The second kappa shape index (κ2) is 4.60. The molecule has 0 saturated heterocycles. The molecule has 0 aliphatic heterocycles. The van der Waals surface area contributed by atoms with E-state index in [-0.39, 0.29) is 17.9 Å². The number of pyridine rings is 1. The van der Waals surface area contributed by atoms with Crippen molar-refractivity contribution in [3.8, 4) is 0 Å². The molecular formula is C10H9FN4O2. The molecular weight excluding hydrogens is 227 g/mol. The lowest BCUT2D eigenvalue weighted by molar-refractivity contribution is 0.0943. The molecule has 0 aromatic carbocycles. The van der Waals surface area contributed by atoms with Crippen molar-refractivity contribution < 1.29 is 13.7 Å². The third kappa shape index (κ3) is 2.39. The molecule has 0 radical (unpaired) electrons. The number of nitrogen functional groups attached to an aromatic ring is 1. The van der Waals surface area contributed by atoms with E-state index in [1.165, 1.54) is 18.5 Å². The van der Waals surface area contributed by atoms with Crippen LogP contribution in [0.3, 0.4) is 0 Å². The number of aromatic nitrogens is 2. The zero-order valence-electron chi connectivity index (χ0n) is 8.68. The number of carbonyl (C=O) groups excluding carboxylic acids is 1. The Bertz CT molecular complexity index is 527. The van der Waals surface area contributed by atoms with E-state index < -0.39 is 11.7 Å². The highest BCUT2D eigenvalue weighted by Gasteiger charge is 2.14. The molecule has 0 saturated carbocycles. The molecule has 88 valence electrons. The lowest BCUT2D eigenvalue weighted by atomic mass is 10.2. The van der Waals surface area contributed by atoms with Gasteiger partial charge in [0.05, 0.1) is 18.3 Å². The molecule has 2 heterocycles. The Balaban J connectivity index is 2.07. The Kier molecular flexibility index (Phi) is 2.99. The lowest BCUT2D eigenvalue weighted by Gasteiger charge is -2.04. The number of carbonyl (C=O) groups is 1. The zero-order chi connectivity index (χ0) is 12.3. The van der Waals surface area contributed by atoms with Gasteiger partial charge in [0.2, 0.25) is 0 Å². The summed E-state index contributed by atoms with van der Waals surface area (Å²) in [7, 11) is 0. The van der Waals surface area contributed by atoms with E-state index in [1.807, 2.05) is 0 Å². The normalized spacial score (nSPS) is 10.2. The summed E-state index contributed by atoms with van der Waals surface area (Å²) in [4.78, 5) is 15.1. The van der Waals surface area contributed by atoms with Crippen LogP contribution in [0.2, 0.25) is 0 Å². The number of hydrogen-bond donors (Lipinski definition) is 2. The molecule has 2 rings (SSSR count). The minimum atomic E-state index is -0.831. The van der Waals surface area contributed by atoms with Crippen LogP contribution in [-0.2, 0) is 6.54 Å². The van der Waals surface area contributed by atoms with Crippen molar-refractivity contribution in [3.63, 3.8) is 0 Å². The number of nitrogens with one attached hydrogen (secondary N) is 1. The Labute approximate surface area is 95.6 Å². The molecule has 0 fully saturated rings. The molecule has 17 heavy (non-hydrogen) atoms. The maximum atomic E-state index is 13.4. The van der Waals surface area contributed by atoms with Gasteiger partial charge in [-0.25, -0.2) is 9.37 Å². The first kappa shape index (κ1) is 11.1. The van der Waals surface area contributed by atoms with Gasteiger partial charge in [-0.2, -0.15) is 0 Å². The Morgan fingerprint density at radius 3 is 3.00 bits per heavy atom. The van der Waals surface area contributed by atoms with Crippen LogP contribution < -0.4 is 11.1 Å². The van der Waals surface area contributed by atoms with Crippen LogP contribution in [0.1, 0.15) is 16.1 Å². The summed E-state index contributed by atoms with van der Waals surface area (Å²) < 4.78 is 18.2. The summed E-state index contributed by atoms with van der Waals surface area (Å²) in [6.07, 6.45) is 2.72. The predicted octanol–water partition coefficient (Wildman–Crippen LogP) is 0.721. The van der Waals surface area contributed by atoms with Gasteiger partial charge < -0.3 is 15.6 Å². The molecule has 0 spiro atoms. The molecule has 2 aromatic heterocycles. The second-order valence-electron chi connectivity index (χ2n) is 3.22. The highest BCUT2D eigenvalue weighted by Crippen LogP contribution is 2.11. The van der Waals surface area contributed by atoms with Gasteiger partial charge in [0.1, 0.15) is 0 Å². The summed E-state index contributed by atoms with van der Waals surface area (Å²) in [5.41, 5.74) is 5.10. The van der Waals surface area contributed by atoms with Crippen molar-refractivity contribution in [1.29, 1.82) is 0 Å². The van der Waals surface area contributed by atoms with Crippen LogP contribution in [0.15, 0.2) is 29.0 Å². The van der Waals surface area contributed by atoms with E-state index in [9.17, 15) is 9.18 Å². The smallest absolute Gasteiger partial charge is 0.254 e. The van der Waals surface area contributed by atoms with Gasteiger partial charge in [0.25, 0.3) is 5.91 Å². The topological polar surface area (TPSA) is 94.0 Å². The first-order valence-corrected chi connectivity index (χ1v) is 4.76. The molecule has 6 nitrogen and oxygen atoms in total. The standard InChI is InChI=1S/C10H9FN4O2/c11-8-7(2-3-13-9(8)12)10(16)14-5-6-1-4-15-17-6/h1-4H,5H2,(H2,12,13)(H,14,16). The van der Waals surface area contributed by atoms with Gasteiger partial charge in [-0.05, 0) is 6.07 Å². The van der Waals surface area contributed by atoms with Crippen LogP contribution in [0.25, 0.3) is 0 Å². The second-order valence-corrected chi connectivity index (χ2v) is 3.22. The minimum absolute atomic E-state index is 0.125. The maximum absolute atomic E-state index is 13.4. The third-order valence-corrected chi connectivity index (χ3v) is 2.08. The number of nitrogens with zero attached hydrogens (tertiary/aromatic N) is 2. The third-order valence-electron chi connectivity index (χ3n) is 2.08. The van der Waals surface area contributed by atoms with Crippen molar-refractivity contribution >= 4 is 11.7 Å². The Morgan fingerprint density at radius 1 is 1.47 bits per heavy atom. The van der Waals surface area contributed by atoms with E-state index in [0.717, 1.165) is 0 Å². The average Bonchev–Trinajstić information content (AvgIpc) is 2.82. The highest BCUT2D eigenvalue weighted by atomic mass is 19.1. The summed E-state index contributed by atoms with van der Waals surface area (Å²) in [6, 6.07) is 2.85. The first-order chi connectivity index (χ1) is 8.18. The summed E-state index contributed by atoms with van der Waals surface area (Å²) in [5, 5.41) is 5.95. The average molecular weight is 236 g/mol. The lowest BCUT2D eigenvalue weighted by Crippen LogP contribution is -2.24. The quantitative estimate of drug-likeness (QED) is 0.818. The van der Waals surface area contributed by atoms with Crippen molar-refractivity contribution in [3.05, 3.63) is 41.7 Å². The van der Waals surface area contributed by atoms with Gasteiger partial charge in [0, 0.05) is 12.3 Å². The minimum Gasteiger partial charge on any atom is -0.381 e. The van der Waals surface area contributed by atoms with Crippen molar-refractivity contribution in [1.82, 2.24) is 15.5 Å².